The van der Waals surface area contributed by atoms with E-state index in [2.05, 4.69) is 15.6 Å². The lowest BCUT2D eigenvalue weighted by atomic mass is 10.1. The Morgan fingerprint density at radius 1 is 1.44 bits per heavy atom. The molecule has 1 saturated heterocycles. The van der Waals surface area contributed by atoms with Crippen LogP contribution in [0.1, 0.15) is 18.4 Å². The van der Waals surface area contributed by atoms with Gasteiger partial charge >= 0.3 is 6.18 Å². The highest BCUT2D eigenvalue weighted by Gasteiger charge is 2.30. The van der Waals surface area contributed by atoms with E-state index in [1.54, 1.807) is 0 Å². The molecule has 100 valence electrons. The minimum Gasteiger partial charge on any atom is -0.370 e. The van der Waals surface area contributed by atoms with E-state index in [9.17, 15) is 13.2 Å². The van der Waals surface area contributed by atoms with Crippen molar-refractivity contribution in [2.75, 3.05) is 25.0 Å². The molecular weight excluding hydrogens is 243 g/mol. The number of anilines is 1. The Hall–Kier alpha value is -1.30. The Morgan fingerprint density at radius 2 is 2.28 bits per heavy atom. The predicted molar refractivity (Wildman–Crippen MR) is 63.3 cm³/mol. The van der Waals surface area contributed by atoms with Gasteiger partial charge in [0.25, 0.3) is 0 Å². The lowest BCUT2D eigenvalue weighted by Crippen LogP contribution is -2.13. The molecule has 1 fully saturated rings. The van der Waals surface area contributed by atoms with Crippen LogP contribution in [0.4, 0.5) is 19.0 Å². The number of halogens is 3. The number of nitrogens with zero attached hydrogens (tertiary/aromatic N) is 1. The molecule has 1 aliphatic rings. The van der Waals surface area contributed by atoms with Crippen LogP contribution in [0.25, 0.3) is 0 Å². The van der Waals surface area contributed by atoms with E-state index < -0.39 is 11.7 Å². The summed E-state index contributed by atoms with van der Waals surface area (Å²) in [5.74, 6) is 0.902. The van der Waals surface area contributed by atoms with Crippen molar-refractivity contribution in [1.82, 2.24) is 10.3 Å². The zero-order chi connectivity index (χ0) is 13.0. The molecule has 0 amide bonds. The summed E-state index contributed by atoms with van der Waals surface area (Å²) in [4.78, 5) is 3.89. The highest BCUT2D eigenvalue weighted by Crippen LogP contribution is 2.29. The molecule has 1 aromatic rings. The minimum absolute atomic E-state index is 0.288. The van der Waals surface area contributed by atoms with Crippen LogP contribution in [0.3, 0.4) is 0 Å². The predicted octanol–water partition coefficient (Wildman–Crippen LogP) is 2.51. The van der Waals surface area contributed by atoms with Gasteiger partial charge in [-0.2, -0.15) is 13.2 Å². The van der Waals surface area contributed by atoms with E-state index in [1.807, 2.05) is 0 Å². The summed E-state index contributed by atoms with van der Waals surface area (Å²) in [6.07, 6.45) is -1.04. The number of rotatable bonds is 4. The number of hydrogen-bond donors (Lipinski definition) is 2. The summed E-state index contributed by atoms with van der Waals surface area (Å²) in [6, 6.07) is 2.03. The van der Waals surface area contributed by atoms with Crippen LogP contribution in [0.15, 0.2) is 18.3 Å². The van der Waals surface area contributed by atoms with Gasteiger partial charge in [0, 0.05) is 12.7 Å². The van der Waals surface area contributed by atoms with Crippen molar-refractivity contribution in [2.24, 2.45) is 5.92 Å². The summed E-state index contributed by atoms with van der Waals surface area (Å²) in [7, 11) is 0. The molecule has 1 aromatic heterocycles. The lowest BCUT2D eigenvalue weighted by Gasteiger charge is -2.11. The van der Waals surface area contributed by atoms with Crippen molar-refractivity contribution in [1.29, 1.82) is 0 Å². The lowest BCUT2D eigenvalue weighted by molar-refractivity contribution is -0.137. The van der Waals surface area contributed by atoms with Gasteiger partial charge in [-0.1, -0.05) is 0 Å². The topological polar surface area (TPSA) is 37.0 Å². The molecule has 3 nitrogen and oxygen atoms in total. The summed E-state index contributed by atoms with van der Waals surface area (Å²) in [5.41, 5.74) is -0.664. The van der Waals surface area contributed by atoms with Gasteiger partial charge in [0.05, 0.1) is 5.56 Å². The van der Waals surface area contributed by atoms with Gasteiger partial charge in [-0.3, -0.25) is 0 Å². The first kappa shape index (κ1) is 13.1. The third-order valence-electron chi connectivity index (χ3n) is 3.11. The summed E-state index contributed by atoms with van der Waals surface area (Å²) in [6.45, 7) is 2.69. The van der Waals surface area contributed by atoms with Gasteiger partial charge in [0.2, 0.25) is 0 Å². The standard InChI is InChI=1S/C12H16F3N3/c13-12(14,15)10-3-6-18-11(7-10)17-5-2-9-1-4-16-8-9/h3,6-7,9,16H,1-2,4-5,8H2,(H,17,18). The number of alkyl halides is 3. The number of aromatic nitrogens is 1. The largest absolute Gasteiger partial charge is 0.416 e. The van der Waals surface area contributed by atoms with E-state index in [1.165, 1.54) is 6.20 Å². The third kappa shape index (κ3) is 3.60. The molecule has 1 aliphatic heterocycles. The van der Waals surface area contributed by atoms with Crippen molar-refractivity contribution in [2.45, 2.75) is 19.0 Å². The average molecular weight is 259 g/mol. The maximum absolute atomic E-state index is 12.5. The molecule has 18 heavy (non-hydrogen) atoms. The van der Waals surface area contributed by atoms with Crippen LogP contribution in [-0.4, -0.2) is 24.6 Å². The van der Waals surface area contributed by atoms with Crippen molar-refractivity contribution in [3.63, 3.8) is 0 Å². The van der Waals surface area contributed by atoms with E-state index in [0.29, 0.717) is 12.5 Å². The Balaban J connectivity index is 1.85. The van der Waals surface area contributed by atoms with Crippen LogP contribution in [0, 0.1) is 5.92 Å². The van der Waals surface area contributed by atoms with Crippen molar-refractivity contribution in [3.8, 4) is 0 Å². The van der Waals surface area contributed by atoms with Gasteiger partial charge in [0.15, 0.2) is 0 Å². The summed E-state index contributed by atoms with van der Waals surface area (Å²) < 4.78 is 37.4. The van der Waals surface area contributed by atoms with E-state index >= 15 is 0 Å². The molecule has 0 aromatic carbocycles. The van der Waals surface area contributed by atoms with Gasteiger partial charge in [-0.15, -0.1) is 0 Å². The quantitative estimate of drug-likeness (QED) is 0.872. The van der Waals surface area contributed by atoms with E-state index in [4.69, 9.17) is 0 Å². The van der Waals surface area contributed by atoms with Crippen molar-refractivity contribution >= 4 is 5.82 Å². The number of nitrogens with one attached hydrogen (secondary N) is 2. The Morgan fingerprint density at radius 3 is 2.94 bits per heavy atom. The highest BCUT2D eigenvalue weighted by atomic mass is 19.4. The Bertz CT molecular complexity index is 386. The molecule has 2 N–H and O–H groups in total. The van der Waals surface area contributed by atoms with Crippen molar-refractivity contribution in [3.05, 3.63) is 23.9 Å². The molecule has 0 bridgehead atoms. The second-order valence-electron chi connectivity index (χ2n) is 4.50. The minimum atomic E-state index is -4.31. The number of hydrogen-bond acceptors (Lipinski definition) is 3. The first-order valence-electron chi connectivity index (χ1n) is 6.03. The average Bonchev–Trinajstić information content (AvgIpc) is 2.81. The summed E-state index contributed by atoms with van der Waals surface area (Å²) in [5, 5.41) is 6.20. The third-order valence-corrected chi connectivity index (χ3v) is 3.11. The zero-order valence-corrected chi connectivity index (χ0v) is 9.93. The summed E-state index contributed by atoms with van der Waals surface area (Å²) >= 11 is 0. The molecule has 0 aliphatic carbocycles. The molecule has 6 heteroatoms. The van der Waals surface area contributed by atoms with E-state index in [-0.39, 0.29) is 5.82 Å². The molecule has 2 rings (SSSR count). The number of pyridine rings is 1. The Kier molecular flexibility index (Phi) is 4.06. The van der Waals surface area contributed by atoms with Crippen LogP contribution >= 0.6 is 0 Å². The fourth-order valence-electron chi connectivity index (χ4n) is 2.07. The molecule has 2 heterocycles. The molecule has 0 saturated carbocycles. The highest BCUT2D eigenvalue weighted by molar-refractivity contribution is 5.38. The van der Waals surface area contributed by atoms with Crippen LogP contribution in [0.5, 0.6) is 0 Å². The fraction of sp³-hybridized carbons (Fsp3) is 0.583. The van der Waals surface area contributed by atoms with E-state index in [0.717, 1.165) is 38.1 Å². The van der Waals surface area contributed by atoms with Gasteiger partial charge < -0.3 is 10.6 Å². The maximum Gasteiger partial charge on any atom is 0.416 e. The SMILES string of the molecule is FC(F)(F)c1ccnc(NCCC2CCNC2)c1. The molecular formula is C12H16F3N3. The molecule has 1 unspecified atom stereocenters. The van der Waals surface area contributed by atoms with Crippen LogP contribution in [-0.2, 0) is 6.18 Å². The second-order valence-corrected chi connectivity index (χ2v) is 4.50. The van der Waals surface area contributed by atoms with Crippen LogP contribution < -0.4 is 10.6 Å². The normalized spacial score (nSPS) is 20.1. The fourth-order valence-corrected chi connectivity index (χ4v) is 2.07. The van der Waals surface area contributed by atoms with Crippen LogP contribution in [0.2, 0.25) is 0 Å². The molecule has 1 atom stereocenters. The second kappa shape index (κ2) is 5.56. The van der Waals surface area contributed by atoms with Crippen molar-refractivity contribution < 1.29 is 13.2 Å². The zero-order valence-electron chi connectivity index (χ0n) is 9.93. The first-order chi connectivity index (χ1) is 8.55. The maximum atomic E-state index is 12.5. The smallest absolute Gasteiger partial charge is 0.370 e. The molecule has 0 spiro atoms. The van der Waals surface area contributed by atoms with Gasteiger partial charge in [-0.05, 0) is 44.0 Å². The first-order valence-corrected chi connectivity index (χ1v) is 6.03. The monoisotopic (exact) mass is 259 g/mol. The van der Waals surface area contributed by atoms with Gasteiger partial charge in [0.1, 0.15) is 5.82 Å². The van der Waals surface area contributed by atoms with Gasteiger partial charge in [-0.25, -0.2) is 4.98 Å². The Labute approximate surface area is 104 Å². The molecule has 0 radical (unpaired) electrons.